The number of hydrogen-bond acceptors (Lipinski definition) is 4. The van der Waals surface area contributed by atoms with Gasteiger partial charge in [-0.25, -0.2) is 0 Å². The summed E-state index contributed by atoms with van der Waals surface area (Å²) in [5.74, 6) is 0.531. The number of carbonyl (C=O) groups excluding carboxylic acids is 2. The molecular formula is C21H29N3O3. The molecule has 27 heavy (non-hydrogen) atoms. The SMILES string of the molecule is O=C(C1CCCN(CCC(=O)N2CCc3ccccc32)C1)N1CCOCC1. The van der Waals surface area contributed by atoms with Crippen molar-refractivity contribution in [2.45, 2.75) is 25.7 Å². The number of nitrogens with zero attached hydrogens (tertiary/aromatic N) is 3. The Hall–Kier alpha value is -1.92. The highest BCUT2D eigenvalue weighted by molar-refractivity contribution is 5.95. The number of benzene rings is 1. The highest BCUT2D eigenvalue weighted by Gasteiger charge is 2.31. The number of piperidine rings is 1. The largest absolute Gasteiger partial charge is 0.378 e. The normalized spacial score (nSPS) is 23.3. The van der Waals surface area contributed by atoms with Crippen molar-refractivity contribution in [3.8, 4) is 0 Å². The summed E-state index contributed by atoms with van der Waals surface area (Å²) >= 11 is 0. The first-order valence-corrected chi connectivity index (χ1v) is 10.2. The van der Waals surface area contributed by atoms with Crippen molar-refractivity contribution in [2.24, 2.45) is 5.92 Å². The molecule has 0 N–H and O–H groups in total. The first-order valence-electron chi connectivity index (χ1n) is 10.2. The van der Waals surface area contributed by atoms with E-state index in [9.17, 15) is 9.59 Å². The molecule has 4 rings (SSSR count). The van der Waals surface area contributed by atoms with E-state index in [1.807, 2.05) is 28.0 Å². The average Bonchev–Trinajstić information content (AvgIpc) is 3.16. The summed E-state index contributed by atoms with van der Waals surface area (Å²) in [6.45, 7) is 6.00. The summed E-state index contributed by atoms with van der Waals surface area (Å²) in [5, 5.41) is 0. The first kappa shape index (κ1) is 18.4. The maximum atomic E-state index is 12.8. The van der Waals surface area contributed by atoms with Crippen molar-refractivity contribution >= 4 is 17.5 Å². The Bertz CT molecular complexity index is 687. The topological polar surface area (TPSA) is 53.1 Å². The Balaban J connectivity index is 1.28. The number of ether oxygens (including phenoxy) is 1. The Kier molecular flexibility index (Phi) is 5.74. The molecule has 2 amide bonds. The highest BCUT2D eigenvalue weighted by atomic mass is 16.5. The molecule has 3 heterocycles. The standard InChI is InChI=1S/C21H29N3O3/c25-20(24-11-7-17-4-1-2-6-19(17)24)8-10-22-9-3-5-18(16-22)21(26)23-12-14-27-15-13-23/h1-2,4,6,18H,3,5,7-16H2. The van der Waals surface area contributed by atoms with E-state index in [-0.39, 0.29) is 17.7 Å². The second-order valence-corrected chi connectivity index (χ2v) is 7.75. The number of morpholine rings is 1. The van der Waals surface area contributed by atoms with Crippen LogP contribution in [-0.2, 0) is 20.7 Å². The van der Waals surface area contributed by atoms with Crippen LogP contribution in [0.4, 0.5) is 5.69 Å². The number of carbonyl (C=O) groups is 2. The number of amides is 2. The van der Waals surface area contributed by atoms with Crippen LogP contribution in [0, 0.1) is 5.92 Å². The third-order valence-corrected chi connectivity index (χ3v) is 6.01. The zero-order valence-corrected chi connectivity index (χ0v) is 15.9. The molecule has 6 heteroatoms. The van der Waals surface area contributed by atoms with Crippen molar-refractivity contribution in [3.05, 3.63) is 29.8 Å². The van der Waals surface area contributed by atoms with Gasteiger partial charge in [0.2, 0.25) is 11.8 Å². The van der Waals surface area contributed by atoms with Crippen LogP contribution in [0.5, 0.6) is 0 Å². The van der Waals surface area contributed by atoms with Crippen molar-refractivity contribution < 1.29 is 14.3 Å². The van der Waals surface area contributed by atoms with Gasteiger partial charge < -0.3 is 19.4 Å². The molecule has 1 atom stereocenters. The van der Waals surface area contributed by atoms with E-state index in [1.165, 1.54) is 5.56 Å². The summed E-state index contributed by atoms with van der Waals surface area (Å²) in [6.07, 6.45) is 3.45. The van der Waals surface area contributed by atoms with E-state index in [1.54, 1.807) is 0 Å². The van der Waals surface area contributed by atoms with Crippen LogP contribution in [0.15, 0.2) is 24.3 Å². The van der Waals surface area contributed by atoms with Crippen LogP contribution in [0.3, 0.4) is 0 Å². The van der Waals surface area contributed by atoms with E-state index < -0.39 is 0 Å². The molecule has 0 bridgehead atoms. The molecule has 6 nitrogen and oxygen atoms in total. The monoisotopic (exact) mass is 371 g/mol. The maximum absolute atomic E-state index is 12.8. The van der Waals surface area contributed by atoms with Crippen LogP contribution in [0.2, 0.25) is 0 Å². The Morgan fingerprint density at radius 1 is 1.07 bits per heavy atom. The summed E-state index contributed by atoms with van der Waals surface area (Å²) in [4.78, 5) is 31.6. The molecule has 0 spiro atoms. The Morgan fingerprint density at radius 2 is 1.89 bits per heavy atom. The molecule has 1 unspecified atom stereocenters. The minimum atomic E-state index is 0.0689. The second-order valence-electron chi connectivity index (χ2n) is 7.75. The zero-order valence-electron chi connectivity index (χ0n) is 15.9. The fourth-order valence-electron chi connectivity index (χ4n) is 4.49. The van der Waals surface area contributed by atoms with Gasteiger partial charge in [-0.05, 0) is 37.4 Å². The van der Waals surface area contributed by atoms with Gasteiger partial charge in [-0.2, -0.15) is 0 Å². The Morgan fingerprint density at radius 3 is 2.74 bits per heavy atom. The van der Waals surface area contributed by atoms with Gasteiger partial charge in [0.1, 0.15) is 0 Å². The molecule has 0 saturated carbocycles. The van der Waals surface area contributed by atoms with Crippen LogP contribution in [0.1, 0.15) is 24.8 Å². The predicted molar refractivity (Wildman–Crippen MR) is 104 cm³/mol. The van der Waals surface area contributed by atoms with Gasteiger partial charge in [0.05, 0.1) is 19.1 Å². The minimum absolute atomic E-state index is 0.0689. The molecule has 1 aromatic carbocycles. The summed E-state index contributed by atoms with van der Waals surface area (Å²) in [5.41, 5.74) is 2.33. The van der Waals surface area contributed by atoms with Crippen molar-refractivity contribution in [1.82, 2.24) is 9.80 Å². The predicted octanol–water partition coefficient (Wildman–Crippen LogP) is 1.54. The molecule has 3 aliphatic rings. The number of anilines is 1. The van der Waals surface area contributed by atoms with Gasteiger partial charge in [0, 0.05) is 44.8 Å². The van der Waals surface area contributed by atoms with E-state index in [0.29, 0.717) is 32.7 Å². The minimum Gasteiger partial charge on any atom is -0.378 e. The maximum Gasteiger partial charge on any atom is 0.228 e. The van der Waals surface area contributed by atoms with Crippen LogP contribution < -0.4 is 4.90 Å². The number of rotatable bonds is 4. The van der Waals surface area contributed by atoms with Gasteiger partial charge in [-0.3, -0.25) is 9.59 Å². The molecule has 1 aromatic rings. The van der Waals surface area contributed by atoms with Gasteiger partial charge in [-0.1, -0.05) is 18.2 Å². The quantitative estimate of drug-likeness (QED) is 0.806. The lowest BCUT2D eigenvalue weighted by atomic mass is 9.96. The smallest absolute Gasteiger partial charge is 0.228 e. The molecule has 0 radical (unpaired) electrons. The fourth-order valence-corrected chi connectivity index (χ4v) is 4.49. The van der Waals surface area contributed by atoms with E-state index >= 15 is 0 Å². The second kappa shape index (κ2) is 8.40. The van der Waals surface area contributed by atoms with Crippen LogP contribution in [-0.4, -0.2) is 74.1 Å². The van der Waals surface area contributed by atoms with Crippen LogP contribution in [0.25, 0.3) is 0 Å². The molecule has 146 valence electrons. The zero-order chi connectivity index (χ0) is 18.6. The fraction of sp³-hybridized carbons (Fsp3) is 0.619. The van der Waals surface area contributed by atoms with Gasteiger partial charge in [0.25, 0.3) is 0 Å². The lowest BCUT2D eigenvalue weighted by Crippen LogP contribution is -2.48. The molecular weight excluding hydrogens is 342 g/mol. The molecule has 0 aromatic heterocycles. The summed E-state index contributed by atoms with van der Waals surface area (Å²) < 4.78 is 5.35. The number of fused-ring (bicyclic) bond motifs is 1. The van der Waals surface area contributed by atoms with E-state index in [0.717, 1.165) is 51.1 Å². The van der Waals surface area contributed by atoms with E-state index in [2.05, 4.69) is 11.0 Å². The van der Waals surface area contributed by atoms with Crippen molar-refractivity contribution in [1.29, 1.82) is 0 Å². The van der Waals surface area contributed by atoms with Gasteiger partial charge >= 0.3 is 0 Å². The van der Waals surface area contributed by atoms with Crippen molar-refractivity contribution in [2.75, 3.05) is 57.4 Å². The molecule has 0 aliphatic carbocycles. The van der Waals surface area contributed by atoms with Crippen LogP contribution >= 0.6 is 0 Å². The van der Waals surface area contributed by atoms with Gasteiger partial charge in [0.15, 0.2) is 0 Å². The number of likely N-dealkylation sites (tertiary alicyclic amines) is 1. The van der Waals surface area contributed by atoms with E-state index in [4.69, 9.17) is 4.74 Å². The molecule has 3 aliphatic heterocycles. The first-order chi connectivity index (χ1) is 13.2. The lowest BCUT2D eigenvalue weighted by molar-refractivity contribution is -0.141. The summed E-state index contributed by atoms with van der Waals surface area (Å²) in [7, 11) is 0. The van der Waals surface area contributed by atoms with Gasteiger partial charge in [-0.15, -0.1) is 0 Å². The molecule has 2 fully saturated rings. The Labute approximate surface area is 161 Å². The lowest BCUT2D eigenvalue weighted by Gasteiger charge is -2.36. The third-order valence-electron chi connectivity index (χ3n) is 6.01. The van der Waals surface area contributed by atoms with Crippen molar-refractivity contribution in [3.63, 3.8) is 0 Å². The number of hydrogen-bond donors (Lipinski definition) is 0. The third kappa shape index (κ3) is 4.17. The molecule has 2 saturated heterocycles. The highest BCUT2D eigenvalue weighted by Crippen LogP contribution is 2.28. The average molecular weight is 371 g/mol. The summed E-state index contributed by atoms with van der Waals surface area (Å²) in [6, 6.07) is 8.18. The number of para-hydroxylation sites is 1.